The quantitative estimate of drug-likeness (QED) is 0.726. The van der Waals surface area contributed by atoms with Crippen molar-refractivity contribution in [2.45, 2.75) is 12.8 Å². The smallest absolute Gasteiger partial charge is 0.273 e. The monoisotopic (exact) mass is 391 g/mol. The lowest BCUT2D eigenvalue weighted by Gasteiger charge is -2.26. The Morgan fingerprint density at radius 2 is 2.11 bits per heavy atom. The lowest BCUT2D eigenvalue weighted by Crippen LogP contribution is -2.41. The summed E-state index contributed by atoms with van der Waals surface area (Å²) in [7, 11) is 0. The first-order valence-electron chi connectivity index (χ1n) is 8.90. The number of halogens is 1. The van der Waals surface area contributed by atoms with Crippen molar-refractivity contribution in [3.8, 4) is 11.4 Å². The van der Waals surface area contributed by atoms with E-state index in [1.807, 2.05) is 0 Å². The maximum Gasteiger partial charge on any atom is 0.273 e. The second kappa shape index (κ2) is 9.59. The number of hydrogen-bond donors (Lipinski definition) is 2. The van der Waals surface area contributed by atoms with Crippen LogP contribution in [0, 0.1) is 0 Å². The molecule has 1 aromatic heterocycles. The summed E-state index contributed by atoms with van der Waals surface area (Å²) in [6, 6.07) is 6.99. The number of amides is 1. The Balaban J connectivity index is 1.47. The Kier molecular flexibility index (Phi) is 6.92. The molecule has 8 nitrogen and oxygen atoms in total. The first-order valence-corrected chi connectivity index (χ1v) is 9.28. The minimum absolute atomic E-state index is 0.108. The van der Waals surface area contributed by atoms with Gasteiger partial charge in [0.15, 0.2) is 5.82 Å². The Hall–Kier alpha value is -2.29. The molecule has 0 saturated carbocycles. The van der Waals surface area contributed by atoms with Crippen LogP contribution >= 0.6 is 11.6 Å². The Morgan fingerprint density at radius 3 is 2.85 bits per heavy atom. The van der Waals surface area contributed by atoms with Crippen LogP contribution in [0.2, 0.25) is 5.02 Å². The van der Waals surface area contributed by atoms with Crippen molar-refractivity contribution in [3.63, 3.8) is 0 Å². The maximum atomic E-state index is 12.2. The van der Waals surface area contributed by atoms with E-state index in [2.05, 4.69) is 25.4 Å². The number of ether oxygens (including phenoxy) is 1. The lowest BCUT2D eigenvalue weighted by molar-refractivity contribution is -0.121. The van der Waals surface area contributed by atoms with E-state index in [9.17, 15) is 9.59 Å². The topological polar surface area (TPSA) is 100 Å². The second-order valence-electron chi connectivity index (χ2n) is 6.26. The molecule has 2 aromatic rings. The number of nitrogens with one attached hydrogen (secondary N) is 2. The predicted octanol–water partition coefficient (Wildman–Crippen LogP) is 0.866. The summed E-state index contributed by atoms with van der Waals surface area (Å²) in [5.41, 5.74) is 0.574. The molecule has 27 heavy (non-hydrogen) atoms. The minimum Gasteiger partial charge on any atom is -0.379 e. The molecule has 9 heteroatoms. The van der Waals surface area contributed by atoms with Gasteiger partial charge in [-0.1, -0.05) is 23.7 Å². The van der Waals surface area contributed by atoms with Gasteiger partial charge in [0.05, 0.1) is 13.2 Å². The predicted molar refractivity (Wildman–Crippen MR) is 102 cm³/mol. The fourth-order valence-corrected chi connectivity index (χ4v) is 2.98. The maximum absolute atomic E-state index is 12.2. The van der Waals surface area contributed by atoms with Crippen LogP contribution in [0.25, 0.3) is 11.4 Å². The van der Waals surface area contributed by atoms with Crippen LogP contribution in [0.5, 0.6) is 0 Å². The third kappa shape index (κ3) is 5.85. The highest BCUT2D eigenvalue weighted by Crippen LogP contribution is 2.17. The Labute approximate surface area is 161 Å². The third-order valence-electron chi connectivity index (χ3n) is 4.31. The summed E-state index contributed by atoms with van der Waals surface area (Å²) < 4.78 is 5.29. The number of aryl methyl sites for hydroxylation is 1. The molecule has 2 heterocycles. The average molecular weight is 392 g/mol. The van der Waals surface area contributed by atoms with Gasteiger partial charge in [-0.3, -0.25) is 14.5 Å². The molecule has 144 valence electrons. The highest BCUT2D eigenvalue weighted by Gasteiger charge is 2.12. The molecule has 0 radical (unpaired) electrons. The molecule has 0 bridgehead atoms. The molecule has 0 atom stereocenters. The van der Waals surface area contributed by atoms with Crippen molar-refractivity contribution in [2.24, 2.45) is 0 Å². The van der Waals surface area contributed by atoms with Gasteiger partial charge >= 0.3 is 0 Å². The van der Waals surface area contributed by atoms with Crippen molar-refractivity contribution in [2.75, 3.05) is 39.4 Å². The zero-order chi connectivity index (χ0) is 19.1. The third-order valence-corrected chi connectivity index (χ3v) is 4.54. The van der Waals surface area contributed by atoms with Crippen LogP contribution < -0.4 is 10.9 Å². The van der Waals surface area contributed by atoms with Gasteiger partial charge in [-0.15, -0.1) is 10.2 Å². The molecular weight excluding hydrogens is 370 g/mol. The van der Waals surface area contributed by atoms with E-state index in [-0.39, 0.29) is 30.0 Å². The van der Waals surface area contributed by atoms with Crippen LogP contribution in [0.3, 0.4) is 0 Å². The van der Waals surface area contributed by atoms with Gasteiger partial charge in [-0.05, 0) is 12.1 Å². The van der Waals surface area contributed by atoms with E-state index >= 15 is 0 Å². The molecule has 1 aliphatic heterocycles. The Morgan fingerprint density at radius 1 is 1.30 bits per heavy atom. The zero-order valence-electron chi connectivity index (χ0n) is 14.9. The summed E-state index contributed by atoms with van der Waals surface area (Å²) in [6.07, 6.45) is 0.429. The first kappa shape index (κ1) is 19.5. The number of carbonyl (C=O) groups excluding carboxylic acids is 1. The minimum atomic E-state index is -0.346. The van der Waals surface area contributed by atoms with Crippen molar-refractivity contribution in [1.82, 2.24) is 25.4 Å². The van der Waals surface area contributed by atoms with E-state index in [4.69, 9.17) is 16.3 Å². The number of hydrogen-bond acceptors (Lipinski definition) is 6. The van der Waals surface area contributed by atoms with E-state index in [1.54, 1.807) is 24.3 Å². The highest BCUT2D eigenvalue weighted by molar-refractivity contribution is 6.30. The summed E-state index contributed by atoms with van der Waals surface area (Å²) >= 11 is 5.95. The fraction of sp³-hybridized carbons (Fsp3) is 0.444. The molecule has 1 saturated heterocycles. The van der Waals surface area contributed by atoms with Gasteiger partial charge in [0.25, 0.3) is 5.56 Å². The number of rotatable bonds is 7. The number of benzene rings is 1. The molecule has 0 aliphatic carbocycles. The normalized spacial score (nSPS) is 14.9. The zero-order valence-corrected chi connectivity index (χ0v) is 15.7. The molecule has 0 spiro atoms. The van der Waals surface area contributed by atoms with Gasteiger partial charge < -0.3 is 15.0 Å². The SMILES string of the molecule is O=C(CCc1nnc(-c2cccc(Cl)c2)[nH]c1=O)NCCN1CCOCC1. The van der Waals surface area contributed by atoms with Gasteiger partial charge in [0.1, 0.15) is 5.69 Å². The van der Waals surface area contributed by atoms with Gasteiger partial charge in [-0.25, -0.2) is 0 Å². The van der Waals surface area contributed by atoms with Crippen LogP contribution in [0.4, 0.5) is 0 Å². The average Bonchev–Trinajstić information content (AvgIpc) is 2.68. The fourth-order valence-electron chi connectivity index (χ4n) is 2.79. The van der Waals surface area contributed by atoms with Gasteiger partial charge in [-0.2, -0.15) is 0 Å². The van der Waals surface area contributed by atoms with Crippen LogP contribution in [0.15, 0.2) is 29.1 Å². The standard InChI is InChI=1S/C18H22ClN5O3/c19-14-3-1-2-13(12-14)17-21-18(26)15(22-23-17)4-5-16(25)20-6-7-24-8-10-27-11-9-24/h1-3,12H,4-11H2,(H,20,25)(H,21,23,26). The van der Waals surface area contributed by atoms with E-state index in [0.29, 0.717) is 23.0 Å². The number of aromatic nitrogens is 3. The van der Waals surface area contributed by atoms with Crippen LogP contribution in [-0.4, -0.2) is 65.4 Å². The molecule has 1 amide bonds. The first-order chi connectivity index (χ1) is 13.1. The summed E-state index contributed by atoms with van der Waals surface area (Å²) in [5.74, 6) is 0.240. The number of carbonyl (C=O) groups is 1. The molecule has 1 aliphatic rings. The molecular formula is C18H22ClN5O3. The number of nitrogens with zero attached hydrogens (tertiary/aromatic N) is 3. The van der Waals surface area contributed by atoms with E-state index < -0.39 is 0 Å². The van der Waals surface area contributed by atoms with Crippen molar-refractivity contribution in [1.29, 1.82) is 0 Å². The van der Waals surface area contributed by atoms with Crippen molar-refractivity contribution < 1.29 is 9.53 Å². The van der Waals surface area contributed by atoms with E-state index in [0.717, 1.165) is 32.8 Å². The number of H-pyrrole nitrogens is 1. The largest absolute Gasteiger partial charge is 0.379 e. The summed E-state index contributed by atoms with van der Waals surface area (Å²) in [5, 5.41) is 11.4. The van der Waals surface area contributed by atoms with Crippen LogP contribution in [-0.2, 0) is 16.0 Å². The number of aromatic amines is 1. The molecule has 0 unspecified atom stereocenters. The van der Waals surface area contributed by atoms with Crippen molar-refractivity contribution >= 4 is 17.5 Å². The lowest BCUT2D eigenvalue weighted by atomic mass is 10.2. The highest BCUT2D eigenvalue weighted by atomic mass is 35.5. The molecule has 2 N–H and O–H groups in total. The second-order valence-corrected chi connectivity index (χ2v) is 6.70. The van der Waals surface area contributed by atoms with Gasteiger partial charge in [0.2, 0.25) is 5.91 Å². The molecule has 1 fully saturated rings. The van der Waals surface area contributed by atoms with Crippen molar-refractivity contribution in [3.05, 3.63) is 45.3 Å². The summed E-state index contributed by atoms with van der Waals surface area (Å²) in [4.78, 5) is 29.1. The van der Waals surface area contributed by atoms with E-state index in [1.165, 1.54) is 0 Å². The molecule has 3 rings (SSSR count). The Bertz CT molecular complexity index is 836. The molecule has 1 aromatic carbocycles. The van der Waals surface area contributed by atoms with Crippen LogP contribution in [0.1, 0.15) is 12.1 Å². The number of morpholine rings is 1. The van der Waals surface area contributed by atoms with Gasteiger partial charge in [0, 0.05) is 49.6 Å². The summed E-state index contributed by atoms with van der Waals surface area (Å²) in [6.45, 7) is 4.62.